The molecular weight excluding hydrogens is 360 g/mol. The fourth-order valence-corrected chi connectivity index (χ4v) is 2.37. The number of rotatable bonds is 6. The summed E-state index contributed by atoms with van der Waals surface area (Å²) in [5.74, 6) is -2.31. The lowest BCUT2D eigenvalue weighted by molar-refractivity contribution is -0.385. The average Bonchev–Trinajstić information content (AvgIpc) is 3.43. The van der Waals surface area contributed by atoms with Crippen LogP contribution in [0.2, 0.25) is 0 Å². The van der Waals surface area contributed by atoms with Crippen LogP contribution in [0.25, 0.3) is 0 Å². The highest BCUT2D eigenvalue weighted by Crippen LogP contribution is 2.41. The van der Waals surface area contributed by atoms with E-state index in [2.05, 4.69) is 0 Å². The van der Waals surface area contributed by atoms with Crippen molar-refractivity contribution >= 4 is 23.3 Å². The number of non-ortho nitro benzene ring substituents is 2. The van der Waals surface area contributed by atoms with Crippen molar-refractivity contribution in [3.05, 3.63) is 68.8 Å². The minimum absolute atomic E-state index is 0.134. The molecule has 1 saturated carbocycles. The summed E-state index contributed by atoms with van der Waals surface area (Å²) >= 11 is 0. The van der Waals surface area contributed by atoms with E-state index in [1.165, 1.54) is 48.5 Å². The maximum Gasteiger partial charge on any atom is 0.315 e. The Balaban J connectivity index is 1.53. The highest BCUT2D eigenvalue weighted by molar-refractivity contribution is 5.89. The van der Waals surface area contributed by atoms with Gasteiger partial charge in [-0.1, -0.05) is 0 Å². The first-order chi connectivity index (χ1) is 12.8. The Kier molecular flexibility index (Phi) is 4.79. The summed E-state index contributed by atoms with van der Waals surface area (Å²) in [4.78, 5) is 44.1. The van der Waals surface area contributed by atoms with Gasteiger partial charge in [-0.05, 0) is 30.7 Å². The van der Waals surface area contributed by atoms with Gasteiger partial charge in [0.2, 0.25) is 0 Å². The Bertz CT molecular complexity index is 832. The van der Waals surface area contributed by atoms with Gasteiger partial charge in [-0.15, -0.1) is 0 Å². The van der Waals surface area contributed by atoms with Gasteiger partial charge in [-0.3, -0.25) is 29.8 Å². The van der Waals surface area contributed by atoms with Crippen LogP contribution < -0.4 is 9.47 Å². The lowest BCUT2D eigenvalue weighted by Gasteiger charge is -2.05. The zero-order valence-corrected chi connectivity index (χ0v) is 13.6. The number of hydrogen-bond donors (Lipinski definition) is 0. The summed E-state index contributed by atoms with van der Waals surface area (Å²) in [6.07, 6.45) is 0.262. The van der Waals surface area contributed by atoms with Gasteiger partial charge in [-0.2, -0.15) is 0 Å². The molecule has 0 unspecified atom stereocenters. The lowest BCUT2D eigenvalue weighted by atomic mass is 10.3. The summed E-state index contributed by atoms with van der Waals surface area (Å²) in [5.41, 5.74) is -0.267. The maximum atomic E-state index is 12.0. The molecule has 0 aliphatic heterocycles. The first kappa shape index (κ1) is 18.0. The second-order valence-electron chi connectivity index (χ2n) is 5.79. The van der Waals surface area contributed by atoms with Crippen LogP contribution in [0.3, 0.4) is 0 Å². The molecule has 1 fully saturated rings. The standard InChI is InChI=1S/C17H12N2O8/c20-16(26-12-5-1-10(2-6-12)18(22)23)14-9-15(14)17(21)27-13-7-3-11(4-8-13)19(24)25/h1-8,14-15H,9H2/t14-,15-/m0/s1. The summed E-state index contributed by atoms with van der Waals surface area (Å²) in [6.45, 7) is 0. The number of hydrogen-bond acceptors (Lipinski definition) is 8. The highest BCUT2D eigenvalue weighted by Gasteiger charge is 2.50. The van der Waals surface area contributed by atoms with E-state index in [-0.39, 0.29) is 29.3 Å². The largest absolute Gasteiger partial charge is 0.426 e. The number of nitro benzene ring substituents is 2. The molecule has 0 radical (unpaired) electrons. The van der Waals surface area contributed by atoms with Gasteiger partial charge in [0, 0.05) is 24.3 Å². The molecule has 138 valence electrons. The van der Waals surface area contributed by atoms with E-state index in [1.54, 1.807) is 0 Å². The van der Waals surface area contributed by atoms with Gasteiger partial charge >= 0.3 is 11.9 Å². The van der Waals surface area contributed by atoms with E-state index in [4.69, 9.17) is 9.47 Å². The molecule has 0 saturated heterocycles. The molecular formula is C17H12N2O8. The minimum Gasteiger partial charge on any atom is -0.426 e. The van der Waals surface area contributed by atoms with Gasteiger partial charge in [0.1, 0.15) is 11.5 Å². The number of carbonyl (C=O) groups is 2. The molecule has 0 aromatic heterocycles. The fraction of sp³-hybridized carbons (Fsp3) is 0.176. The predicted molar refractivity (Wildman–Crippen MR) is 89.1 cm³/mol. The van der Waals surface area contributed by atoms with E-state index >= 15 is 0 Å². The number of nitro groups is 2. The summed E-state index contributed by atoms with van der Waals surface area (Å²) in [5, 5.41) is 21.2. The van der Waals surface area contributed by atoms with Crippen LogP contribution in [-0.4, -0.2) is 21.8 Å². The normalized spacial score (nSPS) is 17.6. The van der Waals surface area contributed by atoms with Crippen molar-refractivity contribution in [3.8, 4) is 11.5 Å². The second-order valence-corrected chi connectivity index (χ2v) is 5.79. The van der Waals surface area contributed by atoms with Crippen molar-refractivity contribution in [3.63, 3.8) is 0 Å². The van der Waals surface area contributed by atoms with Gasteiger partial charge in [-0.25, -0.2) is 0 Å². The van der Waals surface area contributed by atoms with Crippen molar-refractivity contribution in [2.75, 3.05) is 0 Å². The van der Waals surface area contributed by atoms with Gasteiger partial charge in [0.05, 0.1) is 21.7 Å². The molecule has 2 aromatic rings. The average molecular weight is 372 g/mol. The molecule has 0 heterocycles. The Morgan fingerprint density at radius 3 is 1.37 bits per heavy atom. The Morgan fingerprint density at radius 2 is 1.07 bits per heavy atom. The minimum atomic E-state index is -0.661. The Hall–Kier alpha value is -3.82. The van der Waals surface area contributed by atoms with Crippen LogP contribution in [-0.2, 0) is 9.59 Å². The maximum absolute atomic E-state index is 12.0. The molecule has 0 bridgehead atoms. The zero-order valence-electron chi connectivity index (χ0n) is 13.6. The number of benzene rings is 2. The number of nitrogens with zero attached hydrogens (tertiary/aromatic N) is 2. The van der Waals surface area contributed by atoms with Crippen LogP contribution in [0.1, 0.15) is 6.42 Å². The van der Waals surface area contributed by atoms with E-state index in [0.29, 0.717) is 0 Å². The van der Waals surface area contributed by atoms with E-state index in [9.17, 15) is 29.8 Å². The first-order valence-electron chi connectivity index (χ1n) is 7.77. The van der Waals surface area contributed by atoms with Crippen LogP contribution in [0.4, 0.5) is 11.4 Å². The summed E-state index contributed by atoms with van der Waals surface area (Å²) in [6, 6.07) is 9.99. The van der Waals surface area contributed by atoms with Crippen LogP contribution in [0.15, 0.2) is 48.5 Å². The summed E-state index contributed by atoms with van der Waals surface area (Å²) in [7, 11) is 0. The quantitative estimate of drug-likeness (QED) is 0.326. The van der Waals surface area contributed by atoms with Crippen LogP contribution in [0.5, 0.6) is 11.5 Å². The van der Waals surface area contributed by atoms with Gasteiger partial charge in [0.25, 0.3) is 11.4 Å². The van der Waals surface area contributed by atoms with Gasteiger partial charge in [0.15, 0.2) is 0 Å². The van der Waals surface area contributed by atoms with Crippen molar-refractivity contribution in [1.29, 1.82) is 0 Å². The SMILES string of the molecule is O=C(Oc1ccc([N+](=O)[O-])cc1)[C@H]1C[C@@H]1C(=O)Oc1ccc([N+](=O)[O-])cc1. The second kappa shape index (κ2) is 7.20. The number of esters is 2. The topological polar surface area (TPSA) is 139 Å². The third-order valence-corrected chi connectivity index (χ3v) is 3.93. The number of carbonyl (C=O) groups excluding carboxylic acids is 2. The molecule has 0 amide bonds. The monoisotopic (exact) mass is 372 g/mol. The van der Waals surface area contributed by atoms with Crippen LogP contribution >= 0.6 is 0 Å². The molecule has 10 nitrogen and oxygen atoms in total. The van der Waals surface area contributed by atoms with Crippen molar-refractivity contribution in [1.82, 2.24) is 0 Å². The molecule has 0 spiro atoms. The van der Waals surface area contributed by atoms with Gasteiger partial charge < -0.3 is 9.47 Å². The smallest absolute Gasteiger partial charge is 0.315 e. The van der Waals surface area contributed by atoms with E-state index in [1.807, 2.05) is 0 Å². The third-order valence-electron chi connectivity index (χ3n) is 3.93. The molecule has 1 aliphatic rings. The predicted octanol–water partition coefficient (Wildman–Crippen LogP) is 2.65. The Labute approximate surface area is 151 Å². The van der Waals surface area contributed by atoms with Crippen molar-refractivity contribution < 1.29 is 28.9 Å². The summed E-state index contributed by atoms with van der Waals surface area (Å²) < 4.78 is 10.2. The molecule has 2 aromatic carbocycles. The molecule has 1 aliphatic carbocycles. The highest BCUT2D eigenvalue weighted by atomic mass is 16.6. The van der Waals surface area contributed by atoms with Crippen LogP contribution in [0, 0.1) is 32.1 Å². The molecule has 3 rings (SSSR count). The Morgan fingerprint density at radius 1 is 0.741 bits per heavy atom. The third kappa shape index (κ3) is 4.24. The lowest BCUT2D eigenvalue weighted by Crippen LogP contribution is -2.17. The first-order valence-corrected chi connectivity index (χ1v) is 7.77. The molecule has 0 N–H and O–H groups in total. The van der Waals surface area contributed by atoms with Crippen molar-refractivity contribution in [2.45, 2.75) is 6.42 Å². The molecule has 2 atom stereocenters. The number of ether oxygens (including phenoxy) is 2. The van der Waals surface area contributed by atoms with E-state index in [0.717, 1.165) is 0 Å². The van der Waals surface area contributed by atoms with E-state index < -0.39 is 33.6 Å². The molecule has 10 heteroatoms. The molecule has 27 heavy (non-hydrogen) atoms. The zero-order chi connectivity index (χ0) is 19.6. The van der Waals surface area contributed by atoms with Crippen molar-refractivity contribution in [2.24, 2.45) is 11.8 Å². The fourth-order valence-electron chi connectivity index (χ4n) is 2.37.